The number of rotatable bonds is 3. The normalized spacial score (nSPS) is 20.3. The van der Waals surface area contributed by atoms with Gasteiger partial charge in [-0.3, -0.25) is 9.78 Å². The van der Waals surface area contributed by atoms with E-state index in [-0.39, 0.29) is 11.8 Å². The van der Waals surface area contributed by atoms with E-state index in [9.17, 15) is 4.79 Å². The van der Waals surface area contributed by atoms with Crippen molar-refractivity contribution in [1.82, 2.24) is 9.97 Å². The van der Waals surface area contributed by atoms with Crippen molar-refractivity contribution in [2.75, 3.05) is 18.0 Å². The Morgan fingerprint density at radius 3 is 2.88 bits per heavy atom. The monoisotopic (exact) mass is 235 g/mol. The Morgan fingerprint density at radius 2 is 2.29 bits per heavy atom. The smallest absolute Gasteiger partial charge is 0.222 e. The number of anilines is 1. The van der Waals surface area contributed by atoms with E-state index in [0.717, 1.165) is 30.9 Å². The number of hydrogen-bond acceptors (Lipinski definition) is 5. The third kappa shape index (κ3) is 2.71. The highest BCUT2D eigenvalue weighted by molar-refractivity contribution is 5.77. The third-order valence-electron chi connectivity index (χ3n) is 3.05. The van der Waals surface area contributed by atoms with Crippen LogP contribution in [0.25, 0.3) is 0 Å². The number of nitrogens with zero attached hydrogens (tertiary/aromatic N) is 3. The topological polar surface area (TPSA) is 98.1 Å². The van der Waals surface area contributed by atoms with Crippen LogP contribution in [0.1, 0.15) is 18.5 Å². The van der Waals surface area contributed by atoms with Gasteiger partial charge in [0.15, 0.2) is 0 Å². The van der Waals surface area contributed by atoms with E-state index >= 15 is 0 Å². The molecule has 1 amide bonds. The second-order valence-corrected chi connectivity index (χ2v) is 4.26. The molecule has 0 aromatic carbocycles. The standard InChI is InChI=1S/C11H17N5O/c12-4-9-5-15-10(6-14-9)16-3-1-2-8(7-16)11(13)17/h5-6,8H,1-4,7,12H2,(H2,13,17). The number of nitrogens with two attached hydrogens (primary N) is 2. The van der Waals surface area contributed by atoms with Crippen LogP contribution in [-0.2, 0) is 11.3 Å². The molecule has 6 heteroatoms. The Morgan fingerprint density at radius 1 is 1.47 bits per heavy atom. The largest absolute Gasteiger partial charge is 0.369 e. The van der Waals surface area contributed by atoms with Gasteiger partial charge in [0.25, 0.3) is 0 Å². The fourth-order valence-electron chi connectivity index (χ4n) is 2.03. The molecule has 4 N–H and O–H groups in total. The first-order valence-corrected chi connectivity index (χ1v) is 5.76. The van der Waals surface area contributed by atoms with Crippen LogP contribution >= 0.6 is 0 Å². The number of amides is 1. The maximum Gasteiger partial charge on any atom is 0.222 e. The fourth-order valence-corrected chi connectivity index (χ4v) is 2.03. The Balaban J connectivity index is 2.08. The SMILES string of the molecule is NCc1cnc(N2CCCC(C(N)=O)C2)cn1. The summed E-state index contributed by atoms with van der Waals surface area (Å²) >= 11 is 0. The van der Waals surface area contributed by atoms with E-state index in [1.165, 1.54) is 0 Å². The molecule has 2 heterocycles. The number of carbonyl (C=O) groups excluding carboxylic acids is 1. The molecule has 92 valence electrons. The van der Waals surface area contributed by atoms with Crippen LogP contribution in [0.3, 0.4) is 0 Å². The van der Waals surface area contributed by atoms with Crippen LogP contribution in [0.4, 0.5) is 5.82 Å². The molecule has 6 nitrogen and oxygen atoms in total. The van der Waals surface area contributed by atoms with Gasteiger partial charge in [-0.15, -0.1) is 0 Å². The molecule has 0 saturated carbocycles. The molecule has 1 aromatic rings. The number of primary amides is 1. The summed E-state index contributed by atoms with van der Waals surface area (Å²) in [6, 6.07) is 0. The first kappa shape index (κ1) is 11.8. The van der Waals surface area contributed by atoms with E-state index in [2.05, 4.69) is 9.97 Å². The molecule has 1 aliphatic heterocycles. The lowest BCUT2D eigenvalue weighted by Crippen LogP contribution is -2.41. The summed E-state index contributed by atoms with van der Waals surface area (Å²) in [4.78, 5) is 21.7. The molecular weight excluding hydrogens is 218 g/mol. The Bertz CT molecular complexity index is 391. The first-order valence-electron chi connectivity index (χ1n) is 5.76. The Labute approximate surface area is 100 Å². The van der Waals surface area contributed by atoms with Gasteiger partial charge < -0.3 is 16.4 Å². The van der Waals surface area contributed by atoms with Gasteiger partial charge in [0.05, 0.1) is 24.0 Å². The minimum Gasteiger partial charge on any atom is -0.369 e. The Hall–Kier alpha value is -1.69. The fraction of sp³-hybridized carbons (Fsp3) is 0.545. The van der Waals surface area contributed by atoms with Crippen LogP contribution in [-0.4, -0.2) is 29.0 Å². The molecule has 1 aromatic heterocycles. The molecule has 1 atom stereocenters. The summed E-state index contributed by atoms with van der Waals surface area (Å²) < 4.78 is 0. The maximum absolute atomic E-state index is 11.2. The predicted molar refractivity (Wildman–Crippen MR) is 64.1 cm³/mol. The lowest BCUT2D eigenvalue weighted by molar-refractivity contribution is -0.122. The van der Waals surface area contributed by atoms with Gasteiger partial charge in [-0.05, 0) is 12.8 Å². The second kappa shape index (κ2) is 5.09. The van der Waals surface area contributed by atoms with E-state index in [4.69, 9.17) is 11.5 Å². The second-order valence-electron chi connectivity index (χ2n) is 4.26. The van der Waals surface area contributed by atoms with Gasteiger partial charge in [0.2, 0.25) is 5.91 Å². The zero-order valence-electron chi connectivity index (χ0n) is 9.67. The molecule has 0 bridgehead atoms. The maximum atomic E-state index is 11.2. The highest BCUT2D eigenvalue weighted by Crippen LogP contribution is 2.20. The average molecular weight is 235 g/mol. The van der Waals surface area contributed by atoms with E-state index in [1.54, 1.807) is 12.4 Å². The van der Waals surface area contributed by atoms with Crippen molar-refractivity contribution in [2.24, 2.45) is 17.4 Å². The van der Waals surface area contributed by atoms with E-state index in [1.807, 2.05) is 4.90 Å². The van der Waals surface area contributed by atoms with Crippen molar-refractivity contribution < 1.29 is 4.79 Å². The molecule has 1 fully saturated rings. The van der Waals surface area contributed by atoms with Crippen LogP contribution in [0.5, 0.6) is 0 Å². The number of aromatic nitrogens is 2. The van der Waals surface area contributed by atoms with Gasteiger partial charge >= 0.3 is 0 Å². The van der Waals surface area contributed by atoms with Crippen molar-refractivity contribution in [3.05, 3.63) is 18.1 Å². The summed E-state index contributed by atoms with van der Waals surface area (Å²) in [5.41, 5.74) is 11.6. The predicted octanol–water partition coefficient (Wildman–Crippen LogP) is -0.363. The molecular formula is C11H17N5O. The molecule has 2 rings (SSSR count). The minimum absolute atomic E-state index is 0.0836. The molecule has 1 aliphatic rings. The van der Waals surface area contributed by atoms with Gasteiger partial charge in [-0.25, -0.2) is 4.98 Å². The van der Waals surface area contributed by atoms with Crippen LogP contribution in [0.2, 0.25) is 0 Å². The molecule has 17 heavy (non-hydrogen) atoms. The number of hydrogen-bond donors (Lipinski definition) is 2. The summed E-state index contributed by atoms with van der Waals surface area (Å²) in [5.74, 6) is 0.467. The van der Waals surface area contributed by atoms with Crippen molar-refractivity contribution in [3.63, 3.8) is 0 Å². The lowest BCUT2D eigenvalue weighted by Gasteiger charge is -2.31. The summed E-state index contributed by atoms with van der Waals surface area (Å²) in [6.45, 7) is 1.91. The summed E-state index contributed by atoms with van der Waals surface area (Å²) in [6.07, 6.45) is 5.18. The minimum atomic E-state index is -0.235. The summed E-state index contributed by atoms with van der Waals surface area (Å²) in [7, 11) is 0. The van der Waals surface area contributed by atoms with Crippen molar-refractivity contribution >= 4 is 11.7 Å². The van der Waals surface area contributed by atoms with Gasteiger partial charge in [-0.1, -0.05) is 0 Å². The van der Waals surface area contributed by atoms with Gasteiger partial charge in [-0.2, -0.15) is 0 Å². The average Bonchev–Trinajstić information content (AvgIpc) is 2.39. The van der Waals surface area contributed by atoms with Crippen LogP contribution in [0, 0.1) is 5.92 Å². The van der Waals surface area contributed by atoms with Gasteiger partial charge in [0, 0.05) is 19.6 Å². The Kier molecular flexibility index (Phi) is 3.53. The van der Waals surface area contributed by atoms with Crippen LogP contribution in [0.15, 0.2) is 12.4 Å². The summed E-state index contributed by atoms with van der Waals surface area (Å²) in [5, 5.41) is 0. The molecule has 1 unspecified atom stereocenters. The first-order chi connectivity index (χ1) is 8.20. The van der Waals surface area contributed by atoms with Crippen molar-refractivity contribution in [3.8, 4) is 0 Å². The number of carbonyl (C=O) groups is 1. The molecule has 0 radical (unpaired) electrons. The van der Waals surface area contributed by atoms with Gasteiger partial charge in [0.1, 0.15) is 5.82 Å². The zero-order chi connectivity index (χ0) is 12.3. The van der Waals surface area contributed by atoms with Crippen molar-refractivity contribution in [2.45, 2.75) is 19.4 Å². The number of piperidine rings is 1. The highest BCUT2D eigenvalue weighted by Gasteiger charge is 2.24. The van der Waals surface area contributed by atoms with Crippen molar-refractivity contribution in [1.29, 1.82) is 0 Å². The quantitative estimate of drug-likeness (QED) is 0.745. The molecule has 1 saturated heterocycles. The zero-order valence-corrected chi connectivity index (χ0v) is 9.67. The van der Waals surface area contributed by atoms with Crippen LogP contribution < -0.4 is 16.4 Å². The molecule has 0 aliphatic carbocycles. The van der Waals surface area contributed by atoms with E-state index < -0.39 is 0 Å². The third-order valence-corrected chi connectivity index (χ3v) is 3.05. The molecule has 0 spiro atoms. The van der Waals surface area contributed by atoms with E-state index in [0.29, 0.717) is 13.1 Å². The highest BCUT2D eigenvalue weighted by atomic mass is 16.1. The lowest BCUT2D eigenvalue weighted by atomic mass is 9.98.